The first-order valence-electron chi connectivity index (χ1n) is 12.6. The van der Waals surface area contributed by atoms with Gasteiger partial charge in [-0.3, -0.25) is 9.59 Å². The second kappa shape index (κ2) is 11.9. The number of nitrogens with zero attached hydrogens (tertiary/aromatic N) is 4. The molecule has 11 nitrogen and oxygen atoms in total. The number of anilines is 1. The van der Waals surface area contributed by atoms with Gasteiger partial charge in [-0.2, -0.15) is 0 Å². The van der Waals surface area contributed by atoms with E-state index in [-0.39, 0.29) is 25.1 Å². The molecule has 1 fully saturated rings. The topological polar surface area (TPSA) is 139 Å². The van der Waals surface area contributed by atoms with Crippen LogP contribution in [0.5, 0.6) is 5.88 Å². The lowest BCUT2D eigenvalue weighted by molar-refractivity contribution is -0.122. The largest absolute Gasteiger partial charge is 0.481 e. The third-order valence-corrected chi connectivity index (χ3v) is 7.06. The van der Waals surface area contributed by atoms with Gasteiger partial charge in [0, 0.05) is 49.2 Å². The molecule has 12 heteroatoms. The summed E-state index contributed by atoms with van der Waals surface area (Å²) in [6.07, 6.45) is 4.82. The predicted molar refractivity (Wildman–Crippen MR) is 143 cm³/mol. The molecule has 0 bridgehead atoms. The Kier molecular flexibility index (Phi) is 8.20. The first kappa shape index (κ1) is 26.8. The normalized spacial score (nSPS) is 16.1. The number of methoxy groups -OCH3 is 1. The molecular formula is C27H29ClN6O5. The number of carbonyl (C=O) groups excluding carboxylic acids is 2. The Morgan fingerprint density at radius 3 is 2.85 bits per heavy atom. The lowest BCUT2D eigenvalue weighted by atomic mass is 10.0. The van der Waals surface area contributed by atoms with Crippen LogP contribution in [0.4, 0.5) is 5.95 Å². The molecule has 1 atom stereocenters. The molecule has 0 saturated carbocycles. The van der Waals surface area contributed by atoms with E-state index in [1.54, 1.807) is 24.4 Å². The maximum atomic E-state index is 13.2. The van der Waals surface area contributed by atoms with E-state index >= 15 is 0 Å². The Morgan fingerprint density at radius 1 is 1.26 bits per heavy atom. The summed E-state index contributed by atoms with van der Waals surface area (Å²) in [5.41, 5.74) is 3.14. The summed E-state index contributed by atoms with van der Waals surface area (Å²) in [7, 11) is 1.49. The van der Waals surface area contributed by atoms with Crippen LogP contribution in [0.15, 0.2) is 42.7 Å². The van der Waals surface area contributed by atoms with Crippen molar-refractivity contribution in [3.05, 3.63) is 64.4 Å². The Hall–Kier alpha value is -3.80. The number of benzene rings is 1. The number of aromatic nitrogens is 3. The molecule has 3 aromatic rings. The zero-order chi connectivity index (χ0) is 27.4. The highest BCUT2D eigenvalue weighted by molar-refractivity contribution is 6.33. The van der Waals surface area contributed by atoms with Crippen molar-refractivity contribution >= 4 is 29.4 Å². The van der Waals surface area contributed by atoms with E-state index in [1.165, 1.54) is 18.2 Å². The summed E-state index contributed by atoms with van der Waals surface area (Å²) in [6, 6.07) is 8.35. The smallest absolute Gasteiger partial charge is 0.254 e. The minimum Gasteiger partial charge on any atom is -0.481 e. The van der Waals surface area contributed by atoms with Crippen molar-refractivity contribution in [2.45, 2.75) is 31.5 Å². The van der Waals surface area contributed by atoms with Gasteiger partial charge in [0.15, 0.2) is 0 Å². The summed E-state index contributed by atoms with van der Waals surface area (Å²) < 4.78 is 10.5. The van der Waals surface area contributed by atoms with E-state index in [9.17, 15) is 14.7 Å². The number of amides is 2. The van der Waals surface area contributed by atoms with Crippen molar-refractivity contribution in [2.75, 3.05) is 38.8 Å². The summed E-state index contributed by atoms with van der Waals surface area (Å²) in [6.45, 7) is 1.21. The van der Waals surface area contributed by atoms with E-state index in [1.807, 2.05) is 12.1 Å². The number of aliphatic hydroxyl groups excluding tert-OH is 1. The molecule has 1 unspecified atom stereocenters. The van der Waals surface area contributed by atoms with Crippen LogP contribution in [-0.4, -0.2) is 76.3 Å². The number of halogens is 1. The Morgan fingerprint density at radius 2 is 2.08 bits per heavy atom. The highest BCUT2D eigenvalue weighted by Gasteiger charge is 2.30. The predicted octanol–water partition coefficient (Wildman–Crippen LogP) is 2.60. The van der Waals surface area contributed by atoms with Crippen molar-refractivity contribution in [2.24, 2.45) is 0 Å². The van der Waals surface area contributed by atoms with Crippen molar-refractivity contribution < 1.29 is 24.2 Å². The van der Waals surface area contributed by atoms with Gasteiger partial charge in [-0.1, -0.05) is 23.7 Å². The van der Waals surface area contributed by atoms with Gasteiger partial charge in [-0.25, -0.2) is 15.0 Å². The highest BCUT2D eigenvalue weighted by Crippen LogP contribution is 2.31. The molecule has 4 heterocycles. The fourth-order valence-electron chi connectivity index (χ4n) is 4.70. The second-order valence-electron chi connectivity index (χ2n) is 9.39. The van der Waals surface area contributed by atoms with Crippen LogP contribution in [0.3, 0.4) is 0 Å². The van der Waals surface area contributed by atoms with Crippen LogP contribution in [0.1, 0.15) is 40.4 Å². The van der Waals surface area contributed by atoms with E-state index < -0.39 is 11.9 Å². The molecule has 2 aromatic heterocycles. The van der Waals surface area contributed by atoms with Crippen LogP contribution < -0.4 is 15.4 Å². The number of hydrogen-bond acceptors (Lipinski definition) is 9. The highest BCUT2D eigenvalue weighted by atomic mass is 35.5. The summed E-state index contributed by atoms with van der Waals surface area (Å²) >= 11 is 6.44. The summed E-state index contributed by atoms with van der Waals surface area (Å²) in [5, 5.41) is 16.3. The van der Waals surface area contributed by atoms with Crippen molar-refractivity contribution in [3.63, 3.8) is 0 Å². The summed E-state index contributed by atoms with van der Waals surface area (Å²) in [5.74, 6) is 0.181. The number of rotatable bonds is 9. The molecule has 1 aromatic carbocycles. The number of carbonyl (C=O) groups is 2. The molecule has 2 amide bonds. The minimum absolute atomic E-state index is 0.158. The fourth-order valence-corrected chi connectivity index (χ4v) is 4.90. The van der Waals surface area contributed by atoms with E-state index in [2.05, 4.69) is 25.6 Å². The van der Waals surface area contributed by atoms with Crippen molar-refractivity contribution in [3.8, 4) is 17.1 Å². The van der Waals surface area contributed by atoms with E-state index in [0.29, 0.717) is 59.0 Å². The number of ether oxygens (including phenoxy) is 2. The first-order chi connectivity index (χ1) is 18.9. The molecule has 3 N–H and O–H groups in total. The van der Waals surface area contributed by atoms with Gasteiger partial charge >= 0.3 is 0 Å². The van der Waals surface area contributed by atoms with Gasteiger partial charge in [-0.15, -0.1) is 0 Å². The maximum absolute atomic E-state index is 13.2. The van der Waals surface area contributed by atoms with Gasteiger partial charge in [0.2, 0.25) is 17.7 Å². The van der Waals surface area contributed by atoms with Gasteiger partial charge < -0.3 is 30.1 Å². The second-order valence-corrected chi connectivity index (χ2v) is 9.80. The monoisotopic (exact) mass is 552 g/mol. The molecule has 5 rings (SSSR count). The molecule has 2 aliphatic heterocycles. The molecule has 0 spiro atoms. The Balaban J connectivity index is 1.27. The average molecular weight is 553 g/mol. The minimum atomic E-state index is -0.662. The fraction of sp³-hybridized carbons (Fsp3) is 0.370. The molecule has 0 aliphatic carbocycles. The number of hydrogen-bond donors (Lipinski definition) is 3. The molecule has 0 radical (unpaired) electrons. The van der Waals surface area contributed by atoms with Crippen LogP contribution >= 0.6 is 11.6 Å². The lowest BCUT2D eigenvalue weighted by Crippen LogP contribution is -2.40. The average Bonchev–Trinajstić information content (AvgIpc) is 3.27. The molecule has 204 valence electrons. The number of pyridine rings is 1. The molecular weight excluding hydrogens is 524 g/mol. The van der Waals surface area contributed by atoms with Gasteiger partial charge in [-0.05, 0) is 36.1 Å². The van der Waals surface area contributed by atoms with Crippen LogP contribution in [0, 0.1) is 0 Å². The Labute approximate surface area is 230 Å². The number of fused-ring (bicyclic) bond motifs is 1. The zero-order valence-electron chi connectivity index (χ0n) is 21.4. The van der Waals surface area contributed by atoms with E-state index in [0.717, 1.165) is 18.4 Å². The van der Waals surface area contributed by atoms with Gasteiger partial charge in [0.25, 0.3) is 5.91 Å². The van der Waals surface area contributed by atoms with Crippen LogP contribution in [0.2, 0.25) is 5.02 Å². The number of nitrogens with one attached hydrogen (secondary N) is 2. The van der Waals surface area contributed by atoms with Gasteiger partial charge in [0.1, 0.15) is 6.54 Å². The first-order valence-corrected chi connectivity index (χ1v) is 13.0. The maximum Gasteiger partial charge on any atom is 0.254 e. The lowest BCUT2D eigenvalue weighted by Gasteiger charge is -2.23. The molecule has 1 saturated heterocycles. The number of aliphatic hydroxyl groups is 1. The molecule has 39 heavy (non-hydrogen) atoms. The molecule has 2 aliphatic rings. The third-order valence-electron chi connectivity index (χ3n) is 6.78. The van der Waals surface area contributed by atoms with Crippen molar-refractivity contribution in [1.29, 1.82) is 0 Å². The standard InChI is InChI=1S/C27H29ClN6O5/c1-38-24-11-16(4-7-29-24)22(15-35)32-23(36)14-34-13-18-3-2-17(10-20(18)26(34)37)25-21(28)12-30-27(33-25)31-19-5-8-39-9-6-19/h2-4,7,10-12,19,22,35H,5-6,8-9,13-15H2,1H3,(H,32,36)(H,30,31,33). The third kappa shape index (κ3) is 6.11. The zero-order valence-corrected chi connectivity index (χ0v) is 22.1. The quantitative estimate of drug-likeness (QED) is 0.365. The SMILES string of the molecule is COc1cc(C(CO)NC(=O)CN2Cc3ccc(-c4nc(NC5CCOCC5)ncc4Cl)cc3C2=O)ccn1. The van der Waals surface area contributed by atoms with Crippen molar-refractivity contribution in [1.82, 2.24) is 25.2 Å². The van der Waals surface area contributed by atoms with Crippen LogP contribution in [0.25, 0.3) is 11.3 Å². The Bertz CT molecular complexity index is 1370. The van der Waals surface area contributed by atoms with E-state index in [4.69, 9.17) is 21.1 Å². The van der Waals surface area contributed by atoms with Crippen LogP contribution in [-0.2, 0) is 16.1 Å². The van der Waals surface area contributed by atoms with Gasteiger partial charge in [0.05, 0.1) is 36.7 Å². The summed E-state index contributed by atoms with van der Waals surface area (Å²) in [4.78, 5) is 40.5.